The number of nitrogens with one attached hydrogen (secondary N) is 1. The molecule has 2 rings (SSSR count). The predicted octanol–water partition coefficient (Wildman–Crippen LogP) is -0.387. The fourth-order valence-electron chi connectivity index (χ4n) is 1.32. The summed E-state index contributed by atoms with van der Waals surface area (Å²) in [5.74, 6) is -0.589. The number of nitrogens with zero attached hydrogens (tertiary/aromatic N) is 4. The van der Waals surface area contributed by atoms with Gasteiger partial charge in [0, 0.05) is 6.20 Å². The highest BCUT2D eigenvalue weighted by Gasteiger charge is 2.16. The molecule has 0 saturated heterocycles. The van der Waals surface area contributed by atoms with E-state index in [1.54, 1.807) is 0 Å². The van der Waals surface area contributed by atoms with Crippen LogP contribution in [0.1, 0.15) is 0 Å². The minimum absolute atomic E-state index is 0.0572. The van der Waals surface area contributed by atoms with Gasteiger partial charge < -0.3 is 5.73 Å². The van der Waals surface area contributed by atoms with Gasteiger partial charge in [-0.2, -0.15) is 5.10 Å². The number of primary amides is 1. The lowest BCUT2D eigenvalue weighted by Crippen LogP contribution is -2.18. The number of amides is 1. The van der Waals surface area contributed by atoms with Gasteiger partial charge in [-0.3, -0.25) is 14.2 Å². The molecule has 0 aromatic carbocycles. The first-order valence-corrected chi connectivity index (χ1v) is 7.04. The van der Waals surface area contributed by atoms with Crippen molar-refractivity contribution in [3.63, 3.8) is 0 Å². The normalized spacial score (nSPS) is 11.2. The molecule has 11 heteroatoms. The first-order valence-electron chi connectivity index (χ1n) is 5.18. The third-order valence-corrected chi connectivity index (χ3v) is 3.64. The maximum absolute atomic E-state index is 12.0. The van der Waals surface area contributed by atoms with E-state index in [9.17, 15) is 13.2 Å². The van der Waals surface area contributed by atoms with Crippen molar-refractivity contribution in [3.05, 3.63) is 30.1 Å². The van der Waals surface area contributed by atoms with E-state index in [4.69, 9.17) is 17.3 Å². The average molecular weight is 317 g/mol. The highest BCUT2D eigenvalue weighted by atomic mass is 35.5. The molecular formula is C9H9ClN6O3S. The van der Waals surface area contributed by atoms with E-state index in [-0.39, 0.29) is 22.4 Å². The van der Waals surface area contributed by atoms with Crippen LogP contribution in [0.2, 0.25) is 5.28 Å². The highest BCUT2D eigenvalue weighted by Crippen LogP contribution is 2.14. The van der Waals surface area contributed by atoms with E-state index in [1.807, 2.05) is 0 Å². The minimum Gasteiger partial charge on any atom is -0.368 e. The standard InChI is InChI=1S/C9H9ClN6O3S/c10-9-12-2-7(3-13-9)20(18,19)15-6-1-14-16(4-6)5-8(11)17/h1-4,15H,5H2,(H2,11,17). The molecule has 0 spiro atoms. The molecule has 0 bridgehead atoms. The Morgan fingerprint density at radius 1 is 1.35 bits per heavy atom. The number of hydrogen-bond donors (Lipinski definition) is 2. The summed E-state index contributed by atoms with van der Waals surface area (Å²) in [7, 11) is -3.85. The van der Waals surface area contributed by atoms with Crippen molar-refractivity contribution < 1.29 is 13.2 Å². The van der Waals surface area contributed by atoms with Crippen LogP contribution in [-0.2, 0) is 21.4 Å². The Morgan fingerprint density at radius 3 is 2.60 bits per heavy atom. The Balaban J connectivity index is 2.18. The lowest BCUT2D eigenvalue weighted by atomic mass is 10.6. The van der Waals surface area contributed by atoms with Gasteiger partial charge in [-0.15, -0.1) is 0 Å². The Labute approximate surface area is 118 Å². The van der Waals surface area contributed by atoms with Crippen molar-refractivity contribution >= 4 is 33.2 Å². The molecule has 0 unspecified atom stereocenters. The molecule has 0 aliphatic rings. The molecule has 106 valence electrons. The van der Waals surface area contributed by atoms with E-state index in [0.717, 1.165) is 12.4 Å². The van der Waals surface area contributed by atoms with Gasteiger partial charge in [0.25, 0.3) is 10.0 Å². The van der Waals surface area contributed by atoms with Crippen LogP contribution in [0.15, 0.2) is 29.7 Å². The number of carbonyl (C=O) groups is 1. The van der Waals surface area contributed by atoms with E-state index in [1.165, 1.54) is 17.1 Å². The summed E-state index contributed by atoms with van der Waals surface area (Å²) in [6.07, 6.45) is 4.73. The molecule has 0 saturated carbocycles. The van der Waals surface area contributed by atoms with Crippen LogP contribution < -0.4 is 10.5 Å². The third kappa shape index (κ3) is 3.42. The molecule has 0 radical (unpaired) electrons. The lowest BCUT2D eigenvalue weighted by molar-refractivity contribution is -0.118. The zero-order chi connectivity index (χ0) is 14.8. The zero-order valence-electron chi connectivity index (χ0n) is 9.89. The number of carbonyl (C=O) groups excluding carboxylic acids is 1. The number of rotatable bonds is 5. The van der Waals surface area contributed by atoms with Gasteiger partial charge in [0.2, 0.25) is 11.2 Å². The highest BCUT2D eigenvalue weighted by molar-refractivity contribution is 7.92. The summed E-state index contributed by atoms with van der Waals surface area (Å²) in [5, 5.41) is 3.73. The molecule has 3 N–H and O–H groups in total. The molecule has 2 heterocycles. The number of nitrogens with two attached hydrogens (primary N) is 1. The van der Waals surface area contributed by atoms with E-state index in [0.29, 0.717) is 0 Å². The van der Waals surface area contributed by atoms with Gasteiger partial charge in [-0.25, -0.2) is 18.4 Å². The zero-order valence-corrected chi connectivity index (χ0v) is 11.5. The van der Waals surface area contributed by atoms with Crippen LogP contribution in [0, 0.1) is 0 Å². The molecule has 9 nitrogen and oxygen atoms in total. The average Bonchev–Trinajstić information content (AvgIpc) is 2.75. The van der Waals surface area contributed by atoms with Crippen LogP contribution in [0.4, 0.5) is 5.69 Å². The second kappa shape index (κ2) is 5.43. The summed E-state index contributed by atoms with van der Waals surface area (Å²) >= 11 is 5.48. The fourth-order valence-corrected chi connectivity index (χ4v) is 2.33. The quantitative estimate of drug-likeness (QED) is 0.722. The molecule has 2 aromatic heterocycles. The first kappa shape index (κ1) is 14.2. The summed E-state index contributed by atoms with van der Waals surface area (Å²) in [6.45, 7) is -0.147. The summed E-state index contributed by atoms with van der Waals surface area (Å²) in [5.41, 5.74) is 5.18. The van der Waals surface area contributed by atoms with Gasteiger partial charge in [0.05, 0.1) is 24.3 Å². The minimum atomic E-state index is -3.85. The van der Waals surface area contributed by atoms with Crippen molar-refractivity contribution in [2.24, 2.45) is 5.73 Å². The van der Waals surface area contributed by atoms with Crippen molar-refractivity contribution in [2.45, 2.75) is 11.4 Å². The number of halogens is 1. The monoisotopic (exact) mass is 316 g/mol. The topological polar surface area (TPSA) is 133 Å². The third-order valence-electron chi connectivity index (χ3n) is 2.11. The number of aromatic nitrogens is 4. The van der Waals surface area contributed by atoms with Crippen LogP contribution in [0.5, 0.6) is 0 Å². The van der Waals surface area contributed by atoms with Crippen LogP contribution in [-0.4, -0.2) is 34.1 Å². The maximum Gasteiger partial charge on any atom is 0.265 e. The maximum atomic E-state index is 12.0. The molecule has 20 heavy (non-hydrogen) atoms. The van der Waals surface area contributed by atoms with E-state index in [2.05, 4.69) is 19.8 Å². The van der Waals surface area contributed by atoms with Crippen LogP contribution in [0.3, 0.4) is 0 Å². The molecule has 0 fully saturated rings. The largest absolute Gasteiger partial charge is 0.368 e. The molecule has 0 atom stereocenters. The van der Waals surface area contributed by atoms with Crippen LogP contribution >= 0.6 is 11.6 Å². The van der Waals surface area contributed by atoms with Crippen LogP contribution in [0.25, 0.3) is 0 Å². The van der Waals surface area contributed by atoms with Gasteiger partial charge in [-0.1, -0.05) is 0 Å². The predicted molar refractivity (Wildman–Crippen MR) is 69.3 cm³/mol. The Hall–Kier alpha value is -2.20. The van der Waals surface area contributed by atoms with Gasteiger partial charge >= 0.3 is 0 Å². The molecular weight excluding hydrogens is 308 g/mol. The van der Waals surface area contributed by atoms with Gasteiger partial charge in [-0.05, 0) is 11.6 Å². The SMILES string of the molecule is NC(=O)Cn1cc(NS(=O)(=O)c2cnc(Cl)nc2)cn1. The van der Waals surface area contributed by atoms with Gasteiger partial charge in [0.1, 0.15) is 11.4 Å². The lowest BCUT2D eigenvalue weighted by Gasteiger charge is -2.04. The molecule has 0 aliphatic heterocycles. The van der Waals surface area contributed by atoms with Crippen molar-refractivity contribution in [3.8, 4) is 0 Å². The summed E-state index contributed by atoms with van der Waals surface area (Å²) < 4.78 is 27.4. The second-order valence-corrected chi connectivity index (χ2v) is 5.71. The summed E-state index contributed by atoms with van der Waals surface area (Å²) in [6, 6.07) is 0. The van der Waals surface area contributed by atoms with Crippen molar-refractivity contribution in [2.75, 3.05) is 4.72 Å². The van der Waals surface area contributed by atoms with Crippen molar-refractivity contribution in [1.29, 1.82) is 0 Å². The van der Waals surface area contributed by atoms with E-state index < -0.39 is 15.9 Å². The number of hydrogen-bond acceptors (Lipinski definition) is 6. The fraction of sp³-hybridized carbons (Fsp3) is 0.111. The number of sulfonamides is 1. The molecule has 2 aromatic rings. The Kier molecular flexibility index (Phi) is 3.86. The Bertz CT molecular complexity index is 726. The smallest absolute Gasteiger partial charge is 0.265 e. The van der Waals surface area contributed by atoms with Gasteiger partial charge in [0.15, 0.2) is 0 Å². The van der Waals surface area contributed by atoms with E-state index >= 15 is 0 Å². The molecule has 1 amide bonds. The van der Waals surface area contributed by atoms with Crippen molar-refractivity contribution in [1.82, 2.24) is 19.7 Å². The Morgan fingerprint density at radius 2 is 2.00 bits per heavy atom. The number of anilines is 1. The second-order valence-electron chi connectivity index (χ2n) is 3.69. The summed E-state index contributed by atoms with van der Waals surface area (Å²) in [4.78, 5) is 17.7. The molecule has 0 aliphatic carbocycles. The first-order chi connectivity index (χ1) is 9.37.